The lowest BCUT2D eigenvalue weighted by Gasteiger charge is -2.24. The molecule has 0 bridgehead atoms. The van der Waals surface area contributed by atoms with Gasteiger partial charge in [-0.3, -0.25) is 4.79 Å². The van der Waals surface area contributed by atoms with Crippen LogP contribution in [0.25, 0.3) is 0 Å². The fraction of sp³-hybridized carbons (Fsp3) is 0.263. The normalized spacial score (nSPS) is 11.7. The van der Waals surface area contributed by atoms with Crippen molar-refractivity contribution in [3.8, 4) is 0 Å². The number of thioether (sulfide) groups is 1. The summed E-state index contributed by atoms with van der Waals surface area (Å²) in [5.41, 5.74) is 1.71. The first-order valence-corrected chi connectivity index (χ1v) is 9.05. The molecule has 0 saturated carbocycles. The molecule has 2 nitrogen and oxygen atoms in total. The molecule has 0 N–H and O–H groups in total. The molecule has 4 heteroatoms. The summed E-state index contributed by atoms with van der Waals surface area (Å²) in [5.74, 6) is 0.0938. The van der Waals surface area contributed by atoms with E-state index in [1.807, 2.05) is 60.7 Å². The lowest BCUT2D eigenvalue weighted by Crippen LogP contribution is -2.28. The molecule has 1 unspecified atom stereocenters. The number of ketones is 1. The smallest absolute Gasteiger partial charge is 0.180 e. The Morgan fingerprint density at radius 1 is 1.00 bits per heavy atom. The fourth-order valence-electron chi connectivity index (χ4n) is 2.31. The van der Waals surface area contributed by atoms with Crippen LogP contribution in [0.5, 0.6) is 0 Å². The Kier molecular flexibility index (Phi) is 6.81. The molecule has 0 heterocycles. The molecule has 2 aromatic carbocycles. The highest BCUT2D eigenvalue weighted by Gasteiger charge is 2.25. The van der Waals surface area contributed by atoms with Gasteiger partial charge in [-0.1, -0.05) is 84.6 Å². The van der Waals surface area contributed by atoms with E-state index in [0.29, 0.717) is 0 Å². The van der Waals surface area contributed by atoms with Gasteiger partial charge in [0.1, 0.15) is 4.32 Å². The maximum atomic E-state index is 13.0. The van der Waals surface area contributed by atoms with Crippen molar-refractivity contribution in [2.24, 2.45) is 0 Å². The molecule has 0 aliphatic carbocycles. The van der Waals surface area contributed by atoms with Gasteiger partial charge in [0.25, 0.3) is 0 Å². The van der Waals surface area contributed by atoms with Gasteiger partial charge in [0.15, 0.2) is 5.78 Å². The van der Waals surface area contributed by atoms with E-state index in [-0.39, 0.29) is 11.0 Å². The Hall–Kier alpha value is -1.65. The Morgan fingerprint density at radius 3 is 2.04 bits per heavy atom. The van der Waals surface area contributed by atoms with Crippen LogP contribution < -0.4 is 0 Å². The fourth-order valence-corrected chi connectivity index (χ4v) is 4.00. The quantitative estimate of drug-likeness (QED) is 0.545. The number of thiocarbonyl (C=S) groups is 1. The number of benzene rings is 2. The van der Waals surface area contributed by atoms with Gasteiger partial charge >= 0.3 is 0 Å². The Balaban J connectivity index is 2.30. The van der Waals surface area contributed by atoms with E-state index in [4.69, 9.17) is 12.2 Å². The summed E-state index contributed by atoms with van der Waals surface area (Å²) in [4.78, 5) is 15.1. The van der Waals surface area contributed by atoms with Crippen LogP contribution in [0.3, 0.4) is 0 Å². The molecule has 0 amide bonds. The number of rotatable bonds is 6. The van der Waals surface area contributed by atoms with Crippen molar-refractivity contribution in [3.05, 3.63) is 71.8 Å². The van der Waals surface area contributed by atoms with Crippen LogP contribution in [0.15, 0.2) is 60.7 Å². The second-order valence-electron chi connectivity index (χ2n) is 5.08. The van der Waals surface area contributed by atoms with Crippen molar-refractivity contribution >= 4 is 34.1 Å². The summed E-state index contributed by atoms with van der Waals surface area (Å²) in [6.45, 7) is 5.85. The minimum absolute atomic E-state index is 0.0938. The van der Waals surface area contributed by atoms with Crippen molar-refractivity contribution < 1.29 is 4.79 Å². The molecule has 0 spiro atoms. The summed E-state index contributed by atoms with van der Waals surface area (Å²) >= 11 is 7.02. The van der Waals surface area contributed by atoms with E-state index in [1.54, 1.807) is 0 Å². The number of carbonyl (C=O) groups is 1. The van der Waals surface area contributed by atoms with Crippen LogP contribution in [0, 0.1) is 0 Å². The second kappa shape index (κ2) is 8.85. The number of hydrogen-bond acceptors (Lipinski definition) is 3. The second-order valence-corrected chi connectivity index (χ2v) is 6.82. The van der Waals surface area contributed by atoms with E-state index in [1.165, 1.54) is 11.8 Å². The lowest BCUT2D eigenvalue weighted by atomic mass is 10.0. The number of Topliss-reactive ketones (excluding diaryl/α,β-unsaturated/α-hetero) is 1. The highest BCUT2D eigenvalue weighted by Crippen LogP contribution is 2.34. The van der Waals surface area contributed by atoms with Crippen LogP contribution in [-0.4, -0.2) is 28.1 Å². The minimum Gasteiger partial charge on any atom is -0.358 e. The predicted octanol–water partition coefficient (Wildman–Crippen LogP) is 4.97. The third-order valence-corrected chi connectivity index (χ3v) is 5.37. The van der Waals surface area contributed by atoms with E-state index < -0.39 is 0 Å². The highest BCUT2D eigenvalue weighted by molar-refractivity contribution is 8.23. The first-order valence-electron chi connectivity index (χ1n) is 7.77. The van der Waals surface area contributed by atoms with Crippen molar-refractivity contribution in [2.75, 3.05) is 13.1 Å². The van der Waals surface area contributed by atoms with Gasteiger partial charge in [0, 0.05) is 18.7 Å². The molecule has 0 saturated heterocycles. The third kappa shape index (κ3) is 4.66. The van der Waals surface area contributed by atoms with Gasteiger partial charge in [-0.05, 0) is 19.4 Å². The molecule has 0 aliphatic heterocycles. The van der Waals surface area contributed by atoms with Crippen LogP contribution in [0.1, 0.15) is 35.0 Å². The molecular formula is C19H21NOS2. The van der Waals surface area contributed by atoms with Crippen LogP contribution in [-0.2, 0) is 0 Å². The van der Waals surface area contributed by atoms with Crippen molar-refractivity contribution in [1.82, 2.24) is 4.90 Å². The van der Waals surface area contributed by atoms with E-state index >= 15 is 0 Å². The molecule has 0 fully saturated rings. The maximum Gasteiger partial charge on any atom is 0.180 e. The van der Waals surface area contributed by atoms with Crippen molar-refractivity contribution in [3.63, 3.8) is 0 Å². The molecule has 1 atom stereocenters. The van der Waals surface area contributed by atoms with E-state index in [0.717, 1.165) is 28.5 Å². The Morgan fingerprint density at radius 2 is 1.52 bits per heavy atom. The third-order valence-electron chi connectivity index (χ3n) is 3.64. The summed E-state index contributed by atoms with van der Waals surface area (Å²) in [7, 11) is 0. The SMILES string of the molecule is CCN(CC)C(=S)SC(C(=O)c1ccccc1)c1ccccc1. The summed E-state index contributed by atoms with van der Waals surface area (Å²) in [6.07, 6.45) is 0. The van der Waals surface area contributed by atoms with Crippen LogP contribution >= 0.6 is 24.0 Å². The standard InChI is InChI=1S/C19H21NOS2/c1-3-20(4-2)19(22)23-18(16-13-9-6-10-14-16)17(21)15-11-7-5-8-12-15/h5-14,18H,3-4H2,1-2H3. The molecule has 2 rings (SSSR count). The van der Waals surface area contributed by atoms with Crippen molar-refractivity contribution in [2.45, 2.75) is 19.1 Å². The Labute approximate surface area is 147 Å². The summed E-state index contributed by atoms with van der Waals surface area (Å²) < 4.78 is 0.771. The van der Waals surface area contributed by atoms with E-state index in [9.17, 15) is 4.79 Å². The number of carbonyl (C=O) groups excluding carboxylic acids is 1. The molecule has 0 radical (unpaired) electrons. The zero-order valence-corrected chi connectivity index (χ0v) is 15.1. The molecule has 2 aromatic rings. The zero-order valence-electron chi connectivity index (χ0n) is 13.4. The number of nitrogens with zero attached hydrogens (tertiary/aromatic N) is 1. The predicted molar refractivity (Wildman–Crippen MR) is 103 cm³/mol. The average Bonchev–Trinajstić information content (AvgIpc) is 2.61. The van der Waals surface area contributed by atoms with Crippen LogP contribution in [0.4, 0.5) is 0 Å². The molecule has 0 aliphatic rings. The van der Waals surface area contributed by atoms with Crippen molar-refractivity contribution in [1.29, 1.82) is 0 Å². The number of hydrogen-bond donors (Lipinski definition) is 0. The van der Waals surface area contributed by atoms with Gasteiger partial charge in [0.2, 0.25) is 0 Å². The molecule has 0 aromatic heterocycles. The van der Waals surface area contributed by atoms with Gasteiger partial charge in [-0.25, -0.2) is 0 Å². The minimum atomic E-state index is -0.313. The summed E-state index contributed by atoms with van der Waals surface area (Å²) in [6, 6.07) is 19.3. The molecule has 23 heavy (non-hydrogen) atoms. The van der Waals surface area contributed by atoms with Gasteiger partial charge < -0.3 is 4.90 Å². The molecule has 120 valence electrons. The van der Waals surface area contributed by atoms with E-state index in [2.05, 4.69) is 18.7 Å². The highest BCUT2D eigenvalue weighted by atomic mass is 32.2. The lowest BCUT2D eigenvalue weighted by molar-refractivity contribution is 0.0989. The molecular weight excluding hydrogens is 322 g/mol. The van der Waals surface area contributed by atoms with Gasteiger partial charge in [0.05, 0.1) is 5.25 Å². The van der Waals surface area contributed by atoms with Gasteiger partial charge in [-0.2, -0.15) is 0 Å². The van der Waals surface area contributed by atoms with Gasteiger partial charge in [-0.15, -0.1) is 0 Å². The topological polar surface area (TPSA) is 20.3 Å². The average molecular weight is 344 g/mol. The zero-order chi connectivity index (χ0) is 16.7. The Bertz CT molecular complexity index is 639. The van der Waals surface area contributed by atoms with Crippen LogP contribution in [0.2, 0.25) is 0 Å². The maximum absolute atomic E-state index is 13.0. The first-order chi connectivity index (χ1) is 11.2. The largest absolute Gasteiger partial charge is 0.358 e. The monoisotopic (exact) mass is 343 g/mol. The summed E-state index contributed by atoms with van der Waals surface area (Å²) in [5, 5.41) is -0.313. The first kappa shape index (κ1) is 17.7.